The van der Waals surface area contributed by atoms with Crippen LogP contribution in [0.1, 0.15) is 28.1 Å². The average Bonchev–Trinajstić information content (AvgIpc) is 3.13. The fraction of sp³-hybridized carbons (Fsp3) is 0.292. The summed E-state index contributed by atoms with van der Waals surface area (Å²) in [5, 5.41) is 11.1. The Hall–Kier alpha value is -4.01. The number of amides is 1. The van der Waals surface area contributed by atoms with Gasteiger partial charge in [-0.15, -0.1) is 0 Å². The zero-order chi connectivity index (χ0) is 23.8. The molecule has 0 aliphatic carbocycles. The van der Waals surface area contributed by atoms with E-state index in [9.17, 15) is 4.79 Å². The Kier molecular flexibility index (Phi) is 7.91. The van der Waals surface area contributed by atoms with Crippen LogP contribution >= 0.6 is 0 Å². The number of carbonyl (C=O) groups is 1. The van der Waals surface area contributed by atoms with Crippen molar-refractivity contribution in [2.24, 2.45) is 10.9 Å². The van der Waals surface area contributed by atoms with Gasteiger partial charge in [0.25, 0.3) is 5.91 Å². The van der Waals surface area contributed by atoms with Crippen molar-refractivity contribution in [1.82, 2.24) is 15.1 Å². The Morgan fingerprint density at radius 3 is 2.55 bits per heavy atom. The minimum absolute atomic E-state index is 0.193. The number of nitrogens with one attached hydrogen (secondary N) is 1. The second-order valence-corrected chi connectivity index (χ2v) is 7.50. The third-order valence-electron chi connectivity index (χ3n) is 4.95. The number of hydrogen-bond donors (Lipinski definition) is 2. The van der Waals surface area contributed by atoms with Crippen LogP contribution in [0.4, 0.5) is 0 Å². The molecule has 2 aromatic carbocycles. The summed E-state index contributed by atoms with van der Waals surface area (Å²) < 4.78 is 12.4. The highest BCUT2D eigenvalue weighted by molar-refractivity contribution is 5.97. The van der Waals surface area contributed by atoms with Gasteiger partial charge in [0.1, 0.15) is 0 Å². The summed E-state index contributed by atoms with van der Waals surface area (Å²) in [5.74, 6) is 1.09. The zero-order valence-corrected chi connectivity index (χ0v) is 19.3. The highest BCUT2D eigenvalue weighted by atomic mass is 16.6. The third-order valence-corrected chi connectivity index (χ3v) is 4.95. The molecule has 0 bridgehead atoms. The standard InChI is InChI=1S/C24H29N5O4/c1-16-10-17(2)29(27-16)14-19-6-5-7-20(11-19)24(25)28-33-15-23(30)26-13-18-8-9-21(31-3)22(12-18)32-4/h5-12H,13-15H2,1-4H3,(H2,25,28)(H,26,30). The molecule has 0 spiro atoms. The predicted octanol–water partition coefficient (Wildman–Crippen LogP) is 2.52. The van der Waals surface area contributed by atoms with Gasteiger partial charge in [0, 0.05) is 17.8 Å². The number of benzene rings is 2. The molecule has 0 atom stereocenters. The minimum Gasteiger partial charge on any atom is -0.493 e. The Bertz CT molecular complexity index is 1140. The molecule has 3 aromatic rings. The van der Waals surface area contributed by atoms with Crippen molar-refractivity contribution in [2.45, 2.75) is 26.9 Å². The molecule has 0 aliphatic rings. The number of ether oxygens (including phenoxy) is 2. The summed E-state index contributed by atoms with van der Waals surface area (Å²) in [6.45, 7) is 4.67. The molecule has 0 saturated heterocycles. The number of nitrogens with two attached hydrogens (primary N) is 1. The van der Waals surface area contributed by atoms with E-state index in [4.69, 9.17) is 20.0 Å². The van der Waals surface area contributed by atoms with Gasteiger partial charge in [0.15, 0.2) is 23.9 Å². The van der Waals surface area contributed by atoms with Crippen LogP contribution in [0.3, 0.4) is 0 Å². The quantitative estimate of drug-likeness (QED) is 0.278. The molecular weight excluding hydrogens is 422 g/mol. The van der Waals surface area contributed by atoms with Crippen LogP contribution in [0.5, 0.6) is 11.5 Å². The van der Waals surface area contributed by atoms with Crippen molar-refractivity contribution in [3.63, 3.8) is 0 Å². The lowest BCUT2D eigenvalue weighted by atomic mass is 10.1. The molecule has 9 heteroatoms. The zero-order valence-electron chi connectivity index (χ0n) is 19.3. The molecule has 9 nitrogen and oxygen atoms in total. The van der Waals surface area contributed by atoms with Gasteiger partial charge in [-0.25, -0.2) is 0 Å². The second kappa shape index (κ2) is 11.0. The smallest absolute Gasteiger partial charge is 0.261 e. The van der Waals surface area contributed by atoms with Crippen LogP contribution in [-0.4, -0.2) is 42.3 Å². The predicted molar refractivity (Wildman–Crippen MR) is 125 cm³/mol. The molecule has 0 radical (unpaired) electrons. The molecule has 33 heavy (non-hydrogen) atoms. The van der Waals surface area contributed by atoms with Gasteiger partial charge >= 0.3 is 0 Å². The van der Waals surface area contributed by atoms with E-state index in [-0.39, 0.29) is 18.3 Å². The molecule has 3 rings (SSSR count). The van der Waals surface area contributed by atoms with E-state index in [1.54, 1.807) is 26.4 Å². The summed E-state index contributed by atoms with van der Waals surface area (Å²) in [7, 11) is 3.13. The number of oxime groups is 1. The van der Waals surface area contributed by atoms with Gasteiger partial charge in [-0.2, -0.15) is 5.10 Å². The maximum absolute atomic E-state index is 12.1. The molecule has 0 saturated carbocycles. The van der Waals surface area contributed by atoms with E-state index in [0.717, 1.165) is 22.5 Å². The van der Waals surface area contributed by atoms with Crippen LogP contribution in [-0.2, 0) is 22.7 Å². The molecule has 1 aromatic heterocycles. The summed E-state index contributed by atoms with van der Waals surface area (Å²) in [5.41, 5.74) is 10.7. The Balaban J connectivity index is 1.51. The fourth-order valence-electron chi connectivity index (χ4n) is 3.29. The number of aromatic nitrogens is 2. The molecule has 0 unspecified atom stereocenters. The monoisotopic (exact) mass is 451 g/mol. The first-order valence-electron chi connectivity index (χ1n) is 10.4. The Morgan fingerprint density at radius 2 is 1.85 bits per heavy atom. The van der Waals surface area contributed by atoms with E-state index >= 15 is 0 Å². The van der Waals surface area contributed by atoms with Crippen LogP contribution in [0.25, 0.3) is 0 Å². The fourth-order valence-corrected chi connectivity index (χ4v) is 3.29. The van der Waals surface area contributed by atoms with E-state index < -0.39 is 0 Å². The number of methoxy groups -OCH3 is 2. The summed E-state index contributed by atoms with van der Waals surface area (Å²) >= 11 is 0. The SMILES string of the molecule is COc1ccc(CNC(=O)CO/N=C(/N)c2cccc(Cn3nc(C)cc3C)c2)cc1OC. The van der Waals surface area contributed by atoms with E-state index in [1.165, 1.54) is 0 Å². The molecule has 1 amide bonds. The van der Waals surface area contributed by atoms with Gasteiger partial charge < -0.3 is 25.4 Å². The maximum atomic E-state index is 12.1. The van der Waals surface area contributed by atoms with Crippen molar-refractivity contribution in [3.8, 4) is 11.5 Å². The summed E-state index contributed by atoms with van der Waals surface area (Å²) in [6, 6.07) is 15.1. The van der Waals surface area contributed by atoms with Crippen molar-refractivity contribution >= 4 is 11.7 Å². The Labute approximate surface area is 193 Å². The van der Waals surface area contributed by atoms with Gasteiger partial charge in [0.05, 0.1) is 26.5 Å². The molecule has 3 N–H and O–H groups in total. The van der Waals surface area contributed by atoms with Crippen LogP contribution < -0.4 is 20.5 Å². The van der Waals surface area contributed by atoms with E-state index in [2.05, 4.69) is 15.6 Å². The van der Waals surface area contributed by atoms with Gasteiger partial charge in [-0.1, -0.05) is 29.4 Å². The number of rotatable bonds is 10. The lowest BCUT2D eigenvalue weighted by Gasteiger charge is -2.10. The molecular formula is C24H29N5O4. The van der Waals surface area contributed by atoms with E-state index in [0.29, 0.717) is 30.2 Å². The van der Waals surface area contributed by atoms with Crippen molar-refractivity contribution < 1.29 is 19.1 Å². The summed E-state index contributed by atoms with van der Waals surface area (Å²) in [4.78, 5) is 17.2. The number of amidine groups is 1. The lowest BCUT2D eigenvalue weighted by molar-refractivity contribution is -0.125. The number of aryl methyl sites for hydroxylation is 2. The lowest BCUT2D eigenvalue weighted by Crippen LogP contribution is -2.27. The molecule has 1 heterocycles. The summed E-state index contributed by atoms with van der Waals surface area (Å²) in [6.07, 6.45) is 0. The minimum atomic E-state index is -0.320. The topological polar surface area (TPSA) is 113 Å². The van der Waals surface area contributed by atoms with Crippen LogP contribution in [0.15, 0.2) is 53.7 Å². The highest BCUT2D eigenvalue weighted by Crippen LogP contribution is 2.27. The number of nitrogens with zero attached hydrogens (tertiary/aromatic N) is 3. The van der Waals surface area contributed by atoms with Gasteiger partial charge in [-0.05, 0) is 49.2 Å². The highest BCUT2D eigenvalue weighted by Gasteiger charge is 2.08. The van der Waals surface area contributed by atoms with Gasteiger partial charge in [-0.3, -0.25) is 9.48 Å². The normalized spacial score (nSPS) is 11.2. The first-order valence-corrected chi connectivity index (χ1v) is 10.4. The molecule has 0 fully saturated rings. The van der Waals surface area contributed by atoms with Gasteiger partial charge in [0.2, 0.25) is 0 Å². The number of hydrogen-bond acceptors (Lipinski definition) is 6. The second-order valence-electron chi connectivity index (χ2n) is 7.50. The average molecular weight is 452 g/mol. The van der Waals surface area contributed by atoms with Crippen molar-refractivity contribution in [2.75, 3.05) is 20.8 Å². The largest absolute Gasteiger partial charge is 0.493 e. The molecule has 0 aliphatic heterocycles. The first kappa shape index (κ1) is 23.6. The van der Waals surface area contributed by atoms with E-state index in [1.807, 2.05) is 54.9 Å². The first-order chi connectivity index (χ1) is 15.9. The maximum Gasteiger partial charge on any atom is 0.261 e. The molecule has 174 valence electrons. The van der Waals surface area contributed by atoms with Crippen molar-refractivity contribution in [1.29, 1.82) is 0 Å². The van der Waals surface area contributed by atoms with Crippen molar-refractivity contribution in [3.05, 3.63) is 76.6 Å². The van der Waals surface area contributed by atoms with Crippen LogP contribution in [0, 0.1) is 13.8 Å². The van der Waals surface area contributed by atoms with Crippen LogP contribution in [0.2, 0.25) is 0 Å². The Morgan fingerprint density at radius 1 is 1.06 bits per heavy atom. The third kappa shape index (κ3) is 6.49. The number of carbonyl (C=O) groups excluding carboxylic acids is 1.